The summed E-state index contributed by atoms with van der Waals surface area (Å²) in [5.41, 5.74) is 4.04. The smallest absolute Gasteiger partial charge is 0.453 e. The second-order valence-electron chi connectivity index (χ2n) is 9.18. The summed E-state index contributed by atoms with van der Waals surface area (Å²) in [6.07, 6.45) is -6.22. The lowest BCUT2D eigenvalue weighted by atomic mass is 9.78. The molecule has 1 amide bonds. The number of carboxylic acids is 1. The van der Waals surface area contributed by atoms with E-state index in [2.05, 4.69) is 25.3 Å². The van der Waals surface area contributed by atoms with Crippen LogP contribution in [0.25, 0.3) is 17.2 Å². The highest BCUT2D eigenvalue weighted by Crippen LogP contribution is 2.45. The third-order valence-corrected chi connectivity index (χ3v) is 6.59. The summed E-state index contributed by atoms with van der Waals surface area (Å²) in [6, 6.07) is 5.12. The number of aromatic nitrogens is 5. The molecule has 4 N–H and O–H groups in total. The summed E-state index contributed by atoms with van der Waals surface area (Å²) in [4.78, 5) is 40.8. The van der Waals surface area contributed by atoms with Gasteiger partial charge in [-0.25, -0.2) is 29.1 Å². The molecular weight excluding hydrogens is 548 g/mol. The van der Waals surface area contributed by atoms with Gasteiger partial charge in [-0.3, -0.25) is 4.79 Å². The minimum absolute atomic E-state index is 0.0248. The van der Waals surface area contributed by atoms with E-state index < -0.39 is 53.7 Å². The fraction of sp³-hybridized carbons (Fsp3) is 0.250. The number of carboxylic acid groups (broad SMARTS) is 1. The van der Waals surface area contributed by atoms with Crippen LogP contribution in [0.3, 0.4) is 0 Å². The molecule has 1 atom stereocenters. The van der Waals surface area contributed by atoms with Crippen LogP contribution in [0.15, 0.2) is 36.7 Å². The first kappa shape index (κ1) is 26.8. The van der Waals surface area contributed by atoms with E-state index in [9.17, 15) is 41.0 Å². The van der Waals surface area contributed by atoms with Gasteiger partial charge in [0.05, 0.1) is 11.3 Å². The predicted molar refractivity (Wildman–Crippen MR) is 126 cm³/mol. The van der Waals surface area contributed by atoms with Crippen molar-refractivity contribution in [3.05, 3.63) is 65.0 Å². The molecular formula is C24H17F6N7O3. The summed E-state index contributed by atoms with van der Waals surface area (Å²) < 4.78 is 80.2. The van der Waals surface area contributed by atoms with Crippen molar-refractivity contribution in [2.24, 2.45) is 0 Å². The average molecular weight is 565 g/mol. The third-order valence-electron chi connectivity index (χ3n) is 6.59. The summed E-state index contributed by atoms with van der Waals surface area (Å²) in [5, 5.41) is 11.9. The van der Waals surface area contributed by atoms with E-state index in [-0.39, 0.29) is 40.1 Å². The molecule has 1 aromatic carbocycles. The number of aromatic carboxylic acids is 1. The normalized spacial score (nSPS) is 17.2. The second-order valence-corrected chi connectivity index (χ2v) is 9.18. The number of halogens is 6. The maximum atomic E-state index is 13.7. The van der Waals surface area contributed by atoms with E-state index in [1.807, 2.05) is 0 Å². The van der Waals surface area contributed by atoms with E-state index in [4.69, 9.17) is 5.73 Å². The van der Waals surface area contributed by atoms with Gasteiger partial charge >= 0.3 is 18.1 Å². The van der Waals surface area contributed by atoms with Crippen LogP contribution in [0.1, 0.15) is 40.7 Å². The number of nitrogens with one attached hydrogen (secondary N) is 1. The first-order chi connectivity index (χ1) is 18.6. The monoisotopic (exact) mass is 565 g/mol. The van der Waals surface area contributed by atoms with Crippen molar-refractivity contribution in [3.8, 4) is 11.5 Å². The molecule has 1 aliphatic heterocycles. The Labute approximate surface area is 219 Å². The molecule has 16 heteroatoms. The van der Waals surface area contributed by atoms with Crippen molar-refractivity contribution in [2.45, 2.75) is 37.3 Å². The van der Waals surface area contributed by atoms with Gasteiger partial charge in [-0.2, -0.15) is 22.0 Å². The van der Waals surface area contributed by atoms with E-state index in [1.165, 1.54) is 25.3 Å². The standard InChI is InChI=1S/C24H17F6N7O3/c1-22(10-2-4-11(25)5-3-10)15-16(31)34-17(35-18(15)36-21(22)40)13-8-37-9-14(20(38)39)33-19(37)12(32-13)6-7-23(26,27)24(28,29)30/h2-5,8-9H,6-7H2,1H3,(H,38,39)(H3,31,34,35,36,40). The molecule has 5 rings (SSSR count). The molecule has 0 radical (unpaired) electrons. The topological polar surface area (TPSA) is 148 Å². The van der Waals surface area contributed by atoms with Crippen molar-refractivity contribution in [1.29, 1.82) is 0 Å². The zero-order valence-corrected chi connectivity index (χ0v) is 20.2. The van der Waals surface area contributed by atoms with Gasteiger partial charge in [0.2, 0.25) is 5.91 Å². The molecule has 0 spiro atoms. The van der Waals surface area contributed by atoms with Gasteiger partial charge in [-0.05, 0) is 31.0 Å². The summed E-state index contributed by atoms with van der Waals surface area (Å²) in [5.74, 6) is -8.05. The molecule has 4 aromatic rings. The first-order valence-electron chi connectivity index (χ1n) is 11.4. The van der Waals surface area contributed by atoms with Crippen LogP contribution in [0, 0.1) is 5.82 Å². The average Bonchev–Trinajstić information content (AvgIpc) is 3.42. The molecule has 0 fully saturated rings. The number of hydrogen-bond acceptors (Lipinski definition) is 7. The van der Waals surface area contributed by atoms with E-state index in [0.29, 0.717) is 5.56 Å². The Bertz CT molecular complexity index is 1690. The predicted octanol–water partition coefficient (Wildman–Crippen LogP) is 3.99. The Kier molecular flexibility index (Phi) is 5.96. The van der Waals surface area contributed by atoms with Crippen molar-refractivity contribution >= 4 is 29.2 Å². The van der Waals surface area contributed by atoms with Crippen LogP contribution in [-0.2, 0) is 16.6 Å². The van der Waals surface area contributed by atoms with Crippen LogP contribution in [-0.4, -0.2) is 53.4 Å². The number of rotatable bonds is 6. The highest BCUT2D eigenvalue weighted by atomic mass is 19.4. The van der Waals surface area contributed by atoms with Crippen molar-refractivity contribution in [2.75, 3.05) is 11.1 Å². The van der Waals surface area contributed by atoms with Crippen LogP contribution in [0.2, 0.25) is 0 Å². The number of aryl methyl sites for hydroxylation is 1. The van der Waals surface area contributed by atoms with Gasteiger partial charge in [-0.1, -0.05) is 12.1 Å². The van der Waals surface area contributed by atoms with E-state index >= 15 is 0 Å². The summed E-state index contributed by atoms with van der Waals surface area (Å²) >= 11 is 0. The number of hydrogen-bond donors (Lipinski definition) is 3. The maximum absolute atomic E-state index is 13.7. The third kappa shape index (κ3) is 4.24. The molecule has 40 heavy (non-hydrogen) atoms. The summed E-state index contributed by atoms with van der Waals surface area (Å²) in [7, 11) is 0. The maximum Gasteiger partial charge on any atom is 0.453 e. The van der Waals surface area contributed by atoms with Crippen LogP contribution in [0.4, 0.5) is 38.0 Å². The van der Waals surface area contributed by atoms with Gasteiger partial charge in [0.1, 0.15) is 28.6 Å². The van der Waals surface area contributed by atoms with Gasteiger partial charge < -0.3 is 20.6 Å². The quantitative estimate of drug-likeness (QED) is 0.297. The van der Waals surface area contributed by atoms with Gasteiger partial charge in [0.15, 0.2) is 17.2 Å². The number of fused-ring (bicyclic) bond motifs is 2. The second kappa shape index (κ2) is 8.89. The van der Waals surface area contributed by atoms with E-state index in [1.54, 1.807) is 0 Å². The zero-order chi connectivity index (χ0) is 29.2. The Hall–Kier alpha value is -4.76. The number of alkyl halides is 5. The van der Waals surface area contributed by atoms with Crippen molar-refractivity contribution < 1.29 is 41.0 Å². The van der Waals surface area contributed by atoms with Crippen LogP contribution in [0.5, 0.6) is 0 Å². The van der Waals surface area contributed by atoms with Crippen LogP contribution >= 0.6 is 0 Å². The Morgan fingerprint density at radius 1 is 1.07 bits per heavy atom. The molecule has 0 saturated carbocycles. The Balaban J connectivity index is 1.62. The van der Waals surface area contributed by atoms with E-state index in [0.717, 1.165) is 22.7 Å². The molecule has 0 aliphatic carbocycles. The number of imidazole rings is 1. The molecule has 4 heterocycles. The lowest BCUT2D eigenvalue weighted by Gasteiger charge is -2.23. The van der Waals surface area contributed by atoms with Gasteiger partial charge in [-0.15, -0.1) is 0 Å². The fourth-order valence-electron chi connectivity index (χ4n) is 4.44. The lowest BCUT2D eigenvalue weighted by molar-refractivity contribution is -0.284. The number of benzene rings is 1. The number of carbonyl (C=O) groups excluding carboxylic acids is 1. The molecule has 0 bridgehead atoms. The summed E-state index contributed by atoms with van der Waals surface area (Å²) in [6.45, 7) is 1.53. The molecule has 10 nitrogen and oxygen atoms in total. The zero-order valence-electron chi connectivity index (χ0n) is 20.2. The Morgan fingerprint density at radius 2 is 1.75 bits per heavy atom. The minimum Gasteiger partial charge on any atom is -0.476 e. The molecule has 1 aliphatic rings. The van der Waals surface area contributed by atoms with Gasteiger partial charge in [0.25, 0.3) is 0 Å². The Morgan fingerprint density at radius 3 is 2.38 bits per heavy atom. The van der Waals surface area contributed by atoms with Crippen LogP contribution < -0.4 is 11.1 Å². The highest BCUT2D eigenvalue weighted by molar-refractivity contribution is 6.09. The van der Waals surface area contributed by atoms with Crippen molar-refractivity contribution in [3.63, 3.8) is 0 Å². The molecule has 208 valence electrons. The SMILES string of the molecule is CC1(c2ccc(F)cc2)C(=O)Nc2nc(-c3cn4cc(C(=O)O)nc4c(CCC(F)(F)C(F)(F)F)n3)nc(N)c21. The number of anilines is 2. The molecule has 0 saturated heterocycles. The minimum atomic E-state index is -5.81. The fourth-order valence-corrected chi connectivity index (χ4v) is 4.44. The number of nitrogens with zero attached hydrogens (tertiary/aromatic N) is 5. The molecule has 3 aromatic heterocycles. The number of nitrogens with two attached hydrogens (primary N) is 1. The van der Waals surface area contributed by atoms with Crippen molar-refractivity contribution in [1.82, 2.24) is 24.3 Å². The van der Waals surface area contributed by atoms with Gasteiger partial charge in [0, 0.05) is 18.8 Å². The highest BCUT2D eigenvalue weighted by Gasteiger charge is 2.56. The number of nitrogen functional groups attached to an aromatic ring is 1. The molecule has 1 unspecified atom stereocenters. The number of amides is 1. The number of carbonyl (C=O) groups is 2. The first-order valence-corrected chi connectivity index (χ1v) is 11.4. The largest absolute Gasteiger partial charge is 0.476 e. The lowest BCUT2D eigenvalue weighted by Crippen LogP contribution is -2.36.